The van der Waals surface area contributed by atoms with Crippen LogP contribution in [0.2, 0.25) is 0 Å². The summed E-state index contributed by atoms with van der Waals surface area (Å²) in [6, 6.07) is 7.96. The molecule has 10 nitrogen and oxygen atoms in total. The predicted molar refractivity (Wildman–Crippen MR) is 160 cm³/mol. The molecule has 3 aliphatic heterocycles. The normalized spacial score (nSPS) is 22.3. The van der Waals surface area contributed by atoms with E-state index >= 15 is 0 Å². The molecule has 3 fully saturated rings. The number of amides is 1. The van der Waals surface area contributed by atoms with E-state index in [1.165, 1.54) is 6.42 Å². The second-order valence-corrected chi connectivity index (χ2v) is 12.5. The fraction of sp³-hybridized carbons (Fsp3) is 0.733. The first-order valence-corrected chi connectivity index (χ1v) is 16.0. The van der Waals surface area contributed by atoms with Gasteiger partial charge in [0.2, 0.25) is 5.90 Å². The molecule has 3 heterocycles. The van der Waals surface area contributed by atoms with E-state index in [1.54, 1.807) is 26.1 Å². The van der Waals surface area contributed by atoms with Gasteiger partial charge >= 0.3 is 0 Å². The van der Waals surface area contributed by atoms with Gasteiger partial charge in [-0.05, 0) is 68.6 Å². The van der Waals surface area contributed by atoms with E-state index in [1.807, 2.05) is 24.3 Å². The van der Waals surface area contributed by atoms with Crippen molar-refractivity contribution in [2.24, 2.45) is 10.9 Å². The number of aliphatic imine (C=N–C) groups is 1. The first-order chi connectivity index (χ1) is 20.1. The van der Waals surface area contributed by atoms with Crippen LogP contribution in [0, 0.1) is 5.92 Å². The summed E-state index contributed by atoms with van der Waals surface area (Å²) in [6.45, 7) is 4.46. The molecule has 230 valence electrons. The highest BCUT2D eigenvalue weighted by molar-refractivity contribution is 7.99. The molecule has 0 bridgehead atoms. The summed E-state index contributed by atoms with van der Waals surface area (Å²) < 4.78 is 18.3. The maximum Gasteiger partial charge on any atom is 0.261 e. The van der Waals surface area contributed by atoms with Crippen molar-refractivity contribution >= 4 is 23.8 Å². The maximum absolute atomic E-state index is 13.3. The number of rotatable bonds is 14. The lowest BCUT2D eigenvalue weighted by atomic mass is 9.92. The number of benzene rings is 1. The van der Waals surface area contributed by atoms with Crippen LogP contribution in [-0.4, -0.2) is 74.2 Å². The number of hydrogen-bond acceptors (Lipinski definition) is 10. The van der Waals surface area contributed by atoms with E-state index in [2.05, 4.69) is 20.3 Å². The molecule has 0 spiro atoms. The van der Waals surface area contributed by atoms with Crippen molar-refractivity contribution in [3.63, 3.8) is 0 Å². The molecule has 4 rings (SSSR count). The molecule has 1 atom stereocenters. The molecule has 1 amide bonds. The lowest BCUT2D eigenvalue weighted by Gasteiger charge is -2.41. The van der Waals surface area contributed by atoms with Crippen LogP contribution in [-0.2, 0) is 30.5 Å². The van der Waals surface area contributed by atoms with Crippen molar-refractivity contribution in [1.29, 1.82) is 0 Å². The molecule has 0 saturated carbocycles. The van der Waals surface area contributed by atoms with Crippen molar-refractivity contribution in [2.45, 2.75) is 88.2 Å². The number of ether oxygens (including phenoxy) is 3. The molecule has 3 saturated heterocycles. The van der Waals surface area contributed by atoms with Crippen molar-refractivity contribution < 1.29 is 28.7 Å². The van der Waals surface area contributed by atoms with E-state index in [-0.39, 0.29) is 12.2 Å². The maximum atomic E-state index is 13.3. The second-order valence-electron chi connectivity index (χ2n) is 11.0. The van der Waals surface area contributed by atoms with E-state index < -0.39 is 4.75 Å². The van der Waals surface area contributed by atoms with Gasteiger partial charge in [-0.25, -0.2) is 19.6 Å². The molecule has 0 aromatic heterocycles. The van der Waals surface area contributed by atoms with Gasteiger partial charge in [-0.15, -0.1) is 0 Å². The van der Waals surface area contributed by atoms with Crippen molar-refractivity contribution in [2.75, 3.05) is 47.1 Å². The Hall–Kier alpha value is -1.89. The topological polar surface area (TPSA) is 103 Å². The lowest BCUT2D eigenvalue weighted by Crippen LogP contribution is -2.51. The second kappa shape index (κ2) is 17.3. The van der Waals surface area contributed by atoms with Gasteiger partial charge in [0.25, 0.3) is 5.91 Å². The van der Waals surface area contributed by atoms with Crippen LogP contribution in [0.5, 0.6) is 5.75 Å². The Morgan fingerprint density at radius 1 is 1.10 bits per heavy atom. The van der Waals surface area contributed by atoms with Gasteiger partial charge in [0.1, 0.15) is 10.5 Å². The largest absolute Gasteiger partial charge is 0.497 e. The first kappa shape index (κ1) is 32.0. The Kier molecular flexibility index (Phi) is 13.5. The molecule has 2 N–H and O–H groups in total. The van der Waals surface area contributed by atoms with Crippen molar-refractivity contribution in [3.05, 3.63) is 29.8 Å². The Labute approximate surface area is 249 Å². The number of nitrogens with zero attached hydrogens (tertiary/aromatic N) is 2. The van der Waals surface area contributed by atoms with Crippen LogP contribution in [0.15, 0.2) is 29.3 Å². The number of unbranched alkanes of at least 4 members (excludes halogenated alkanes) is 1. The quantitative estimate of drug-likeness (QED) is 0.104. The van der Waals surface area contributed by atoms with Gasteiger partial charge < -0.3 is 19.0 Å². The summed E-state index contributed by atoms with van der Waals surface area (Å²) in [4.78, 5) is 29.2. The predicted octanol–water partition coefficient (Wildman–Crippen LogP) is 4.79. The van der Waals surface area contributed by atoms with Crippen molar-refractivity contribution in [1.82, 2.24) is 15.3 Å². The molecular weight excluding hydrogens is 544 g/mol. The van der Waals surface area contributed by atoms with E-state index in [0.29, 0.717) is 45.1 Å². The van der Waals surface area contributed by atoms with Crippen LogP contribution in [0.3, 0.4) is 0 Å². The summed E-state index contributed by atoms with van der Waals surface area (Å²) in [7, 11) is 3.43. The molecule has 11 heteroatoms. The Morgan fingerprint density at radius 3 is 2.56 bits per heavy atom. The van der Waals surface area contributed by atoms with Gasteiger partial charge in [-0.3, -0.25) is 4.79 Å². The standard InChI is InChI=1S/C30H48N4O6S/c1-31-39-27(32-23-25-10-12-26(36-2)13-11-25)8-4-3-7-24-14-18-34(19-15-24)41-30(16-21-37-22-17-30)29(35)33-40-28-9-5-6-20-38-28/h10-13,24,28,31H,3-9,14-23H2,1-2H3,(H,33,35). The highest BCUT2D eigenvalue weighted by atomic mass is 32.2. The number of hydrogen-bond donors (Lipinski definition) is 2. The third kappa shape index (κ3) is 10.4. The van der Waals surface area contributed by atoms with Gasteiger partial charge in [-0.2, -0.15) is 5.48 Å². The minimum atomic E-state index is -0.547. The number of piperidine rings is 1. The van der Waals surface area contributed by atoms with E-state index in [9.17, 15) is 4.79 Å². The molecular formula is C30H48N4O6S. The summed E-state index contributed by atoms with van der Waals surface area (Å²) >= 11 is 1.70. The number of hydroxylamine groups is 2. The Bertz CT molecular complexity index is 929. The van der Waals surface area contributed by atoms with Crippen LogP contribution in [0.4, 0.5) is 0 Å². The molecule has 0 aliphatic carbocycles. The van der Waals surface area contributed by atoms with Gasteiger partial charge in [0.15, 0.2) is 6.29 Å². The number of carbonyl (C=O) groups is 1. The molecule has 0 radical (unpaired) electrons. The smallest absolute Gasteiger partial charge is 0.261 e. The summed E-state index contributed by atoms with van der Waals surface area (Å²) in [5.74, 6) is 2.24. The average molecular weight is 593 g/mol. The van der Waals surface area contributed by atoms with Gasteiger partial charge in [0.05, 0.1) is 13.7 Å². The molecule has 41 heavy (non-hydrogen) atoms. The zero-order valence-corrected chi connectivity index (χ0v) is 25.6. The van der Waals surface area contributed by atoms with E-state index in [4.69, 9.17) is 23.9 Å². The van der Waals surface area contributed by atoms with Crippen molar-refractivity contribution in [3.8, 4) is 5.75 Å². The summed E-state index contributed by atoms with van der Waals surface area (Å²) in [5.41, 5.74) is 6.64. The highest BCUT2D eigenvalue weighted by Gasteiger charge is 2.44. The molecule has 1 unspecified atom stereocenters. The van der Waals surface area contributed by atoms with Crippen LogP contribution in [0.25, 0.3) is 0 Å². The Balaban J connectivity index is 1.16. The van der Waals surface area contributed by atoms with Crippen LogP contribution >= 0.6 is 11.9 Å². The zero-order chi connectivity index (χ0) is 28.8. The lowest BCUT2D eigenvalue weighted by molar-refractivity contribution is -0.202. The number of carbonyl (C=O) groups excluding carboxylic acids is 1. The molecule has 1 aromatic rings. The fourth-order valence-corrected chi connectivity index (χ4v) is 6.87. The minimum absolute atomic E-state index is 0.0599. The Morgan fingerprint density at radius 2 is 1.88 bits per heavy atom. The summed E-state index contributed by atoms with van der Waals surface area (Å²) in [6.07, 6.45) is 10.5. The van der Waals surface area contributed by atoms with Crippen LogP contribution in [0.1, 0.15) is 76.2 Å². The number of nitrogens with one attached hydrogen (secondary N) is 2. The summed E-state index contributed by atoms with van der Waals surface area (Å²) in [5, 5.41) is 0. The zero-order valence-electron chi connectivity index (χ0n) is 24.7. The SMILES string of the molecule is CNOC(CCCCC1CCN(SC2(C(=O)NOC3CCCCO3)CCOCC2)CC1)=NCc1ccc(OC)cc1. The monoisotopic (exact) mass is 592 g/mol. The molecule has 1 aromatic carbocycles. The average Bonchev–Trinajstić information content (AvgIpc) is 3.02. The number of methoxy groups -OCH3 is 1. The minimum Gasteiger partial charge on any atom is -0.497 e. The first-order valence-electron chi connectivity index (χ1n) is 15.2. The molecule has 3 aliphatic rings. The van der Waals surface area contributed by atoms with E-state index in [0.717, 1.165) is 81.7 Å². The third-order valence-electron chi connectivity index (χ3n) is 8.08. The highest BCUT2D eigenvalue weighted by Crippen LogP contribution is 2.40. The fourth-order valence-electron chi connectivity index (χ4n) is 5.51. The third-order valence-corrected chi connectivity index (χ3v) is 9.65. The van der Waals surface area contributed by atoms with Gasteiger partial charge in [0, 0.05) is 52.8 Å². The van der Waals surface area contributed by atoms with Crippen LogP contribution < -0.4 is 15.7 Å². The van der Waals surface area contributed by atoms with Gasteiger partial charge in [-0.1, -0.05) is 36.9 Å².